The lowest BCUT2D eigenvalue weighted by Gasteiger charge is -2.46. The van der Waals surface area contributed by atoms with Crippen molar-refractivity contribution in [2.45, 2.75) is 12.1 Å². The second kappa shape index (κ2) is 3.92. The van der Waals surface area contributed by atoms with Crippen molar-refractivity contribution < 1.29 is 4.74 Å². The number of hydrogen-bond donors (Lipinski definition) is 1. The Morgan fingerprint density at radius 2 is 2.15 bits per heavy atom. The van der Waals surface area contributed by atoms with Crippen LogP contribution in [0.1, 0.15) is 0 Å². The van der Waals surface area contributed by atoms with E-state index in [0.29, 0.717) is 12.1 Å². The van der Waals surface area contributed by atoms with Crippen LogP contribution in [0.2, 0.25) is 0 Å². The zero-order chi connectivity index (χ0) is 9.26. The first-order chi connectivity index (χ1) is 6.31. The maximum Gasteiger partial charge on any atom is 0.0645 e. The molecule has 2 heterocycles. The van der Waals surface area contributed by atoms with Crippen LogP contribution in [0.25, 0.3) is 0 Å². The van der Waals surface area contributed by atoms with Gasteiger partial charge in [0.1, 0.15) is 0 Å². The summed E-state index contributed by atoms with van der Waals surface area (Å²) in [7, 11) is 2.16. The molecule has 0 aliphatic carbocycles. The molecule has 2 aliphatic rings. The van der Waals surface area contributed by atoms with Crippen molar-refractivity contribution in [3.8, 4) is 0 Å². The van der Waals surface area contributed by atoms with Crippen LogP contribution >= 0.6 is 0 Å². The van der Waals surface area contributed by atoms with Crippen molar-refractivity contribution in [1.82, 2.24) is 9.80 Å². The first-order valence-corrected chi connectivity index (χ1v) is 5.03. The van der Waals surface area contributed by atoms with E-state index in [1.807, 2.05) is 0 Å². The third kappa shape index (κ3) is 1.86. The second-order valence-corrected chi connectivity index (χ2v) is 4.08. The van der Waals surface area contributed by atoms with E-state index in [1.54, 1.807) is 0 Å². The highest BCUT2D eigenvalue weighted by atomic mass is 16.5. The molecule has 76 valence electrons. The molecule has 4 heteroatoms. The molecular formula is C9H19N3O. The van der Waals surface area contributed by atoms with E-state index in [0.717, 1.165) is 39.4 Å². The number of nitrogens with zero attached hydrogens (tertiary/aromatic N) is 2. The van der Waals surface area contributed by atoms with Crippen LogP contribution in [0.15, 0.2) is 0 Å². The van der Waals surface area contributed by atoms with Crippen molar-refractivity contribution in [2.75, 3.05) is 46.4 Å². The van der Waals surface area contributed by atoms with Gasteiger partial charge in [-0.25, -0.2) is 0 Å². The van der Waals surface area contributed by atoms with E-state index >= 15 is 0 Å². The first-order valence-electron chi connectivity index (χ1n) is 5.03. The topological polar surface area (TPSA) is 41.7 Å². The SMILES string of the molecule is CN1CCN(C2COC2)C(CN)C1. The van der Waals surface area contributed by atoms with Crippen LogP contribution in [-0.2, 0) is 4.74 Å². The van der Waals surface area contributed by atoms with E-state index in [-0.39, 0.29) is 0 Å². The summed E-state index contributed by atoms with van der Waals surface area (Å²) >= 11 is 0. The van der Waals surface area contributed by atoms with Gasteiger partial charge in [0.25, 0.3) is 0 Å². The van der Waals surface area contributed by atoms with E-state index in [9.17, 15) is 0 Å². The fraction of sp³-hybridized carbons (Fsp3) is 1.00. The number of ether oxygens (including phenoxy) is 1. The maximum atomic E-state index is 5.76. The molecule has 4 nitrogen and oxygen atoms in total. The van der Waals surface area contributed by atoms with Gasteiger partial charge < -0.3 is 15.4 Å². The van der Waals surface area contributed by atoms with Gasteiger partial charge in [-0.15, -0.1) is 0 Å². The molecule has 2 N–H and O–H groups in total. The summed E-state index contributed by atoms with van der Waals surface area (Å²) in [4.78, 5) is 4.87. The smallest absolute Gasteiger partial charge is 0.0645 e. The molecule has 0 aromatic carbocycles. The Bertz CT molecular complexity index is 172. The highest BCUT2D eigenvalue weighted by Crippen LogP contribution is 2.16. The largest absolute Gasteiger partial charge is 0.378 e. The molecule has 0 saturated carbocycles. The van der Waals surface area contributed by atoms with E-state index in [2.05, 4.69) is 16.8 Å². The van der Waals surface area contributed by atoms with Gasteiger partial charge in [0, 0.05) is 32.2 Å². The number of piperazine rings is 1. The number of hydrogen-bond acceptors (Lipinski definition) is 4. The molecule has 0 aromatic rings. The van der Waals surface area contributed by atoms with Crippen molar-refractivity contribution in [2.24, 2.45) is 5.73 Å². The summed E-state index contributed by atoms with van der Waals surface area (Å²) in [5.74, 6) is 0. The van der Waals surface area contributed by atoms with Crippen molar-refractivity contribution in [3.05, 3.63) is 0 Å². The van der Waals surface area contributed by atoms with Gasteiger partial charge in [-0.2, -0.15) is 0 Å². The molecule has 2 fully saturated rings. The molecule has 0 spiro atoms. The molecule has 1 atom stereocenters. The summed E-state index contributed by atoms with van der Waals surface area (Å²) in [6.07, 6.45) is 0. The molecular weight excluding hydrogens is 166 g/mol. The predicted octanol–water partition coefficient (Wildman–Crippen LogP) is -1.04. The van der Waals surface area contributed by atoms with Gasteiger partial charge >= 0.3 is 0 Å². The van der Waals surface area contributed by atoms with E-state index in [1.165, 1.54) is 0 Å². The highest BCUT2D eigenvalue weighted by Gasteiger charge is 2.33. The summed E-state index contributed by atoms with van der Waals surface area (Å²) in [6.45, 7) is 5.98. The second-order valence-electron chi connectivity index (χ2n) is 4.08. The molecule has 0 radical (unpaired) electrons. The van der Waals surface area contributed by atoms with E-state index in [4.69, 9.17) is 10.5 Å². The minimum absolute atomic E-state index is 0.535. The van der Waals surface area contributed by atoms with Crippen LogP contribution in [0.3, 0.4) is 0 Å². The van der Waals surface area contributed by atoms with Crippen molar-refractivity contribution in [3.63, 3.8) is 0 Å². The third-order valence-electron chi connectivity index (χ3n) is 3.09. The number of likely N-dealkylation sites (N-methyl/N-ethyl adjacent to an activating group) is 1. The summed E-state index contributed by atoms with van der Waals surface area (Å²) in [5.41, 5.74) is 5.76. The minimum Gasteiger partial charge on any atom is -0.378 e. The Balaban J connectivity index is 1.92. The van der Waals surface area contributed by atoms with Crippen LogP contribution < -0.4 is 5.73 Å². The Labute approximate surface area is 79.6 Å². The Morgan fingerprint density at radius 3 is 2.69 bits per heavy atom. The molecule has 0 bridgehead atoms. The monoisotopic (exact) mass is 185 g/mol. The summed E-state index contributed by atoms with van der Waals surface area (Å²) in [5, 5.41) is 0. The van der Waals surface area contributed by atoms with Crippen LogP contribution in [0.5, 0.6) is 0 Å². The summed E-state index contributed by atoms with van der Waals surface area (Å²) < 4.78 is 5.21. The lowest BCUT2D eigenvalue weighted by atomic mass is 10.1. The fourth-order valence-corrected chi connectivity index (χ4v) is 2.13. The standard InChI is InChI=1S/C9H19N3O/c1-11-2-3-12(8(4-10)5-11)9-6-13-7-9/h8-9H,2-7,10H2,1H3. The Morgan fingerprint density at radius 1 is 1.38 bits per heavy atom. The molecule has 0 aromatic heterocycles. The molecule has 13 heavy (non-hydrogen) atoms. The molecule has 0 amide bonds. The number of rotatable bonds is 2. The lowest BCUT2D eigenvalue weighted by molar-refractivity contribution is -0.0926. The Hall–Kier alpha value is -0.160. The lowest BCUT2D eigenvalue weighted by Crippen LogP contribution is -2.62. The van der Waals surface area contributed by atoms with Gasteiger partial charge in [-0.1, -0.05) is 0 Å². The normalized spacial score (nSPS) is 33.2. The zero-order valence-corrected chi connectivity index (χ0v) is 8.28. The van der Waals surface area contributed by atoms with Crippen LogP contribution in [0, 0.1) is 0 Å². The van der Waals surface area contributed by atoms with Gasteiger partial charge in [-0.05, 0) is 7.05 Å². The quantitative estimate of drug-likeness (QED) is 0.597. The maximum absolute atomic E-state index is 5.76. The zero-order valence-electron chi connectivity index (χ0n) is 8.28. The minimum atomic E-state index is 0.535. The average Bonchev–Trinajstić information content (AvgIpc) is 2.05. The van der Waals surface area contributed by atoms with Gasteiger partial charge in [0.15, 0.2) is 0 Å². The van der Waals surface area contributed by atoms with Crippen molar-refractivity contribution >= 4 is 0 Å². The number of nitrogens with two attached hydrogens (primary N) is 1. The molecule has 2 aliphatic heterocycles. The first kappa shape index (κ1) is 9.40. The Kier molecular flexibility index (Phi) is 2.83. The predicted molar refractivity (Wildman–Crippen MR) is 51.7 cm³/mol. The fourth-order valence-electron chi connectivity index (χ4n) is 2.13. The van der Waals surface area contributed by atoms with Crippen molar-refractivity contribution in [1.29, 1.82) is 0 Å². The van der Waals surface area contributed by atoms with E-state index < -0.39 is 0 Å². The average molecular weight is 185 g/mol. The van der Waals surface area contributed by atoms with Gasteiger partial charge in [0.05, 0.1) is 19.3 Å². The third-order valence-corrected chi connectivity index (χ3v) is 3.09. The summed E-state index contributed by atoms with van der Waals surface area (Å²) in [6, 6.07) is 1.18. The molecule has 1 unspecified atom stereocenters. The molecule has 2 saturated heterocycles. The van der Waals surface area contributed by atoms with Gasteiger partial charge in [0.2, 0.25) is 0 Å². The van der Waals surface area contributed by atoms with Crippen LogP contribution in [-0.4, -0.2) is 68.3 Å². The van der Waals surface area contributed by atoms with Crippen LogP contribution in [0.4, 0.5) is 0 Å². The molecule has 2 rings (SSSR count). The highest BCUT2D eigenvalue weighted by molar-refractivity contribution is 4.88. The van der Waals surface area contributed by atoms with Gasteiger partial charge in [-0.3, -0.25) is 4.90 Å².